The third kappa shape index (κ3) is 4.43. The van der Waals surface area contributed by atoms with Crippen molar-refractivity contribution in [3.63, 3.8) is 0 Å². The minimum atomic E-state index is -0.591. The molecule has 0 spiro atoms. The van der Waals surface area contributed by atoms with Crippen LogP contribution in [0.15, 0.2) is 29.0 Å². The van der Waals surface area contributed by atoms with E-state index < -0.39 is 6.10 Å². The average Bonchev–Trinajstić information content (AvgIpc) is 2.90. The SMILES string of the molecule is Cc1noc(C)c1CN1CC[C@H](NC(=O)Cc2cccnc2)[C@@H](O)C1. The van der Waals surface area contributed by atoms with Gasteiger partial charge < -0.3 is 14.9 Å². The highest BCUT2D eigenvalue weighted by atomic mass is 16.5. The molecule has 2 N–H and O–H groups in total. The van der Waals surface area contributed by atoms with Crippen molar-refractivity contribution in [3.05, 3.63) is 47.1 Å². The molecule has 7 heteroatoms. The summed E-state index contributed by atoms with van der Waals surface area (Å²) in [7, 11) is 0. The normalized spacial score (nSPS) is 21.2. The molecular formula is C18H24N4O3. The summed E-state index contributed by atoms with van der Waals surface area (Å²) in [5, 5.41) is 17.3. The molecule has 0 saturated carbocycles. The maximum absolute atomic E-state index is 12.2. The maximum Gasteiger partial charge on any atom is 0.224 e. The lowest BCUT2D eigenvalue weighted by Gasteiger charge is -2.36. The van der Waals surface area contributed by atoms with Crippen molar-refractivity contribution in [1.29, 1.82) is 0 Å². The fourth-order valence-corrected chi connectivity index (χ4v) is 3.21. The number of likely N-dealkylation sites (tertiary alicyclic amines) is 1. The summed E-state index contributed by atoms with van der Waals surface area (Å²) < 4.78 is 5.19. The van der Waals surface area contributed by atoms with Gasteiger partial charge in [-0.15, -0.1) is 0 Å². The van der Waals surface area contributed by atoms with Gasteiger partial charge in [-0.3, -0.25) is 14.7 Å². The number of aryl methyl sites for hydroxylation is 2. The number of carbonyl (C=O) groups is 1. The van der Waals surface area contributed by atoms with E-state index in [1.807, 2.05) is 26.0 Å². The first-order valence-electron chi connectivity index (χ1n) is 8.53. The van der Waals surface area contributed by atoms with Crippen molar-refractivity contribution in [2.24, 2.45) is 0 Å². The Hall–Kier alpha value is -2.25. The van der Waals surface area contributed by atoms with Crippen LogP contribution in [0.3, 0.4) is 0 Å². The van der Waals surface area contributed by atoms with Gasteiger partial charge in [0, 0.05) is 37.6 Å². The van der Waals surface area contributed by atoms with Crippen LogP contribution in [0.25, 0.3) is 0 Å². The molecule has 3 heterocycles. The molecule has 3 rings (SSSR count). The predicted octanol–water partition coefficient (Wildman–Crippen LogP) is 0.981. The van der Waals surface area contributed by atoms with Gasteiger partial charge in [-0.1, -0.05) is 11.2 Å². The van der Waals surface area contributed by atoms with E-state index in [0.29, 0.717) is 19.5 Å². The first kappa shape index (κ1) is 17.6. The van der Waals surface area contributed by atoms with E-state index in [1.54, 1.807) is 12.4 Å². The average molecular weight is 344 g/mol. The van der Waals surface area contributed by atoms with Crippen LogP contribution < -0.4 is 5.32 Å². The topological polar surface area (TPSA) is 91.5 Å². The Labute approximate surface area is 147 Å². The highest BCUT2D eigenvalue weighted by molar-refractivity contribution is 5.78. The molecular weight excluding hydrogens is 320 g/mol. The molecule has 0 radical (unpaired) electrons. The first-order chi connectivity index (χ1) is 12.0. The van der Waals surface area contributed by atoms with E-state index in [0.717, 1.165) is 29.1 Å². The van der Waals surface area contributed by atoms with Crippen LogP contribution in [-0.2, 0) is 17.8 Å². The van der Waals surface area contributed by atoms with Gasteiger partial charge in [0.15, 0.2) is 0 Å². The van der Waals surface area contributed by atoms with E-state index in [1.165, 1.54) is 0 Å². The Morgan fingerprint density at radius 3 is 2.96 bits per heavy atom. The lowest BCUT2D eigenvalue weighted by molar-refractivity contribution is -0.122. The van der Waals surface area contributed by atoms with Crippen LogP contribution in [0.2, 0.25) is 0 Å². The van der Waals surface area contributed by atoms with Crippen molar-refractivity contribution in [2.75, 3.05) is 13.1 Å². The second-order valence-corrected chi connectivity index (χ2v) is 6.61. The molecule has 2 atom stereocenters. The number of hydrogen-bond acceptors (Lipinski definition) is 6. The van der Waals surface area contributed by atoms with Crippen molar-refractivity contribution >= 4 is 5.91 Å². The number of aliphatic hydroxyl groups is 1. The second kappa shape index (κ2) is 7.76. The Morgan fingerprint density at radius 1 is 1.48 bits per heavy atom. The van der Waals surface area contributed by atoms with Gasteiger partial charge in [0.1, 0.15) is 5.76 Å². The zero-order chi connectivity index (χ0) is 17.8. The molecule has 1 saturated heterocycles. The maximum atomic E-state index is 12.2. The van der Waals surface area contributed by atoms with Crippen LogP contribution >= 0.6 is 0 Å². The fourth-order valence-electron chi connectivity index (χ4n) is 3.21. The second-order valence-electron chi connectivity index (χ2n) is 6.61. The molecule has 2 aromatic rings. The zero-order valence-corrected chi connectivity index (χ0v) is 14.6. The Kier molecular flexibility index (Phi) is 5.45. The van der Waals surface area contributed by atoms with Gasteiger partial charge in [0.2, 0.25) is 5.91 Å². The molecule has 1 aliphatic heterocycles. The first-order valence-corrected chi connectivity index (χ1v) is 8.53. The highest BCUT2D eigenvalue weighted by Crippen LogP contribution is 2.19. The summed E-state index contributed by atoms with van der Waals surface area (Å²) in [6, 6.07) is 3.46. The predicted molar refractivity (Wildman–Crippen MR) is 91.7 cm³/mol. The number of hydrogen-bond donors (Lipinski definition) is 2. The van der Waals surface area contributed by atoms with E-state index in [-0.39, 0.29) is 18.4 Å². The standard InChI is InChI=1S/C18H24N4O3/c1-12-15(13(2)25-21-12)10-22-7-5-16(17(23)11-22)20-18(24)8-14-4-3-6-19-9-14/h3-4,6,9,16-17,23H,5,7-8,10-11H2,1-2H3,(H,20,24)/t16-,17-/m0/s1. The van der Waals surface area contributed by atoms with Crippen LogP contribution in [0, 0.1) is 13.8 Å². The third-order valence-corrected chi connectivity index (χ3v) is 4.66. The number of nitrogens with one attached hydrogen (secondary N) is 1. The third-order valence-electron chi connectivity index (χ3n) is 4.66. The number of piperidine rings is 1. The quantitative estimate of drug-likeness (QED) is 0.840. The molecule has 0 aliphatic carbocycles. The number of aromatic nitrogens is 2. The summed E-state index contributed by atoms with van der Waals surface area (Å²) in [6.07, 6.45) is 3.76. The molecule has 1 fully saturated rings. The molecule has 25 heavy (non-hydrogen) atoms. The van der Waals surface area contributed by atoms with Crippen LogP contribution in [0.1, 0.15) is 29.0 Å². The van der Waals surface area contributed by atoms with Crippen molar-refractivity contribution in [2.45, 2.75) is 45.4 Å². The number of pyridine rings is 1. The van der Waals surface area contributed by atoms with Gasteiger partial charge in [0.05, 0.1) is 24.3 Å². The van der Waals surface area contributed by atoms with Gasteiger partial charge in [-0.05, 0) is 31.9 Å². The van der Waals surface area contributed by atoms with Gasteiger partial charge in [0.25, 0.3) is 0 Å². The van der Waals surface area contributed by atoms with Crippen LogP contribution in [0.4, 0.5) is 0 Å². The number of carbonyl (C=O) groups excluding carboxylic acids is 1. The summed E-state index contributed by atoms with van der Waals surface area (Å²) in [5.74, 6) is 0.732. The molecule has 0 unspecified atom stereocenters. The Morgan fingerprint density at radius 2 is 2.32 bits per heavy atom. The number of rotatable bonds is 5. The van der Waals surface area contributed by atoms with E-state index in [4.69, 9.17) is 4.52 Å². The van der Waals surface area contributed by atoms with Gasteiger partial charge in [-0.25, -0.2) is 0 Å². The number of β-amino-alcohol motifs (C(OH)–C–C–N with tert-alkyl or cyclic N) is 1. The smallest absolute Gasteiger partial charge is 0.224 e. The Bertz CT molecular complexity index is 697. The molecule has 1 amide bonds. The summed E-state index contributed by atoms with van der Waals surface area (Å²) >= 11 is 0. The monoisotopic (exact) mass is 344 g/mol. The van der Waals surface area contributed by atoms with Crippen LogP contribution in [0.5, 0.6) is 0 Å². The van der Waals surface area contributed by atoms with Crippen molar-refractivity contribution < 1.29 is 14.4 Å². The van der Waals surface area contributed by atoms with Crippen molar-refractivity contribution in [1.82, 2.24) is 20.4 Å². The summed E-state index contributed by atoms with van der Waals surface area (Å²) in [6.45, 7) is 5.85. The number of aliphatic hydroxyl groups excluding tert-OH is 1. The van der Waals surface area contributed by atoms with E-state index >= 15 is 0 Å². The minimum Gasteiger partial charge on any atom is -0.390 e. The summed E-state index contributed by atoms with van der Waals surface area (Å²) in [5.41, 5.74) is 2.83. The summed E-state index contributed by atoms with van der Waals surface area (Å²) in [4.78, 5) is 18.3. The molecule has 1 aliphatic rings. The molecule has 2 aromatic heterocycles. The largest absolute Gasteiger partial charge is 0.390 e. The molecule has 134 valence electrons. The molecule has 0 aromatic carbocycles. The highest BCUT2D eigenvalue weighted by Gasteiger charge is 2.29. The Balaban J connectivity index is 1.51. The molecule has 7 nitrogen and oxygen atoms in total. The van der Waals surface area contributed by atoms with E-state index in [2.05, 4.69) is 20.4 Å². The lowest BCUT2D eigenvalue weighted by atomic mass is 10.0. The number of nitrogens with zero attached hydrogens (tertiary/aromatic N) is 3. The lowest BCUT2D eigenvalue weighted by Crippen LogP contribution is -2.54. The number of amides is 1. The zero-order valence-electron chi connectivity index (χ0n) is 14.6. The van der Waals surface area contributed by atoms with Crippen LogP contribution in [-0.4, -0.2) is 51.3 Å². The fraction of sp³-hybridized carbons (Fsp3) is 0.500. The minimum absolute atomic E-state index is 0.0868. The van der Waals surface area contributed by atoms with Crippen molar-refractivity contribution in [3.8, 4) is 0 Å². The van der Waals surface area contributed by atoms with Gasteiger partial charge in [-0.2, -0.15) is 0 Å². The molecule has 0 bridgehead atoms. The van der Waals surface area contributed by atoms with Gasteiger partial charge >= 0.3 is 0 Å². The van der Waals surface area contributed by atoms with E-state index in [9.17, 15) is 9.90 Å².